The van der Waals surface area contributed by atoms with Crippen molar-refractivity contribution < 1.29 is 4.74 Å². The van der Waals surface area contributed by atoms with Crippen molar-refractivity contribution >= 4 is 0 Å². The predicted octanol–water partition coefficient (Wildman–Crippen LogP) is 3.39. The van der Waals surface area contributed by atoms with Gasteiger partial charge in [0.15, 0.2) is 5.75 Å². The molecular weight excluding hydrogens is 238 g/mol. The summed E-state index contributed by atoms with van der Waals surface area (Å²) in [5.41, 5.74) is 1.19. The molecule has 0 saturated heterocycles. The third-order valence-corrected chi connectivity index (χ3v) is 3.37. The molecule has 0 bridgehead atoms. The summed E-state index contributed by atoms with van der Waals surface area (Å²) in [6.45, 7) is 10.8. The van der Waals surface area contributed by atoms with Crippen LogP contribution in [0.25, 0.3) is 0 Å². The van der Waals surface area contributed by atoms with Crippen molar-refractivity contribution in [3.63, 3.8) is 0 Å². The second kappa shape index (κ2) is 8.20. The quantitative estimate of drug-likeness (QED) is 0.745. The molecule has 4 heteroatoms. The molecule has 19 heavy (non-hydrogen) atoms. The van der Waals surface area contributed by atoms with E-state index >= 15 is 0 Å². The van der Waals surface area contributed by atoms with Crippen LogP contribution in [0.15, 0.2) is 6.20 Å². The van der Waals surface area contributed by atoms with Crippen molar-refractivity contribution in [3.05, 3.63) is 11.9 Å². The molecule has 1 unspecified atom stereocenters. The largest absolute Gasteiger partial charge is 0.493 e. The first kappa shape index (κ1) is 16.0. The predicted molar refractivity (Wildman–Crippen MR) is 79.6 cm³/mol. The van der Waals surface area contributed by atoms with E-state index in [0.29, 0.717) is 6.04 Å². The monoisotopic (exact) mass is 267 g/mol. The number of nitrogens with one attached hydrogen (secondary N) is 1. The Morgan fingerprint density at radius 3 is 2.58 bits per heavy atom. The van der Waals surface area contributed by atoms with Gasteiger partial charge in [0.1, 0.15) is 0 Å². The summed E-state index contributed by atoms with van der Waals surface area (Å²) < 4.78 is 7.52. The lowest BCUT2D eigenvalue weighted by Gasteiger charge is -2.21. The molecule has 1 aromatic heterocycles. The van der Waals surface area contributed by atoms with Gasteiger partial charge in [-0.25, -0.2) is 0 Å². The summed E-state index contributed by atoms with van der Waals surface area (Å²) in [6, 6.07) is 0.333. The Hall–Kier alpha value is -1.03. The topological polar surface area (TPSA) is 39.1 Å². The Kier molecular flexibility index (Phi) is 6.92. The summed E-state index contributed by atoms with van der Waals surface area (Å²) >= 11 is 0. The smallest absolute Gasteiger partial charge is 0.161 e. The highest BCUT2D eigenvalue weighted by Gasteiger charge is 2.21. The fraction of sp³-hybridized carbons (Fsp3) is 0.800. The van der Waals surface area contributed by atoms with Crippen LogP contribution in [0.1, 0.15) is 58.7 Å². The summed E-state index contributed by atoms with van der Waals surface area (Å²) in [5.74, 6) is 1.62. The molecular formula is C15H29N3O. The summed E-state index contributed by atoms with van der Waals surface area (Å²) in [6.07, 6.45) is 5.30. The molecule has 0 fully saturated rings. The van der Waals surface area contributed by atoms with Gasteiger partial charge in [0.05, 0.1) is 25.0 Å². The molecule has 0 aliphatic heterocycles. The number of methoxy groups -OCH3 is 1. The van der Waals surface area contributed by atoms with E-state index in [0.717, 1.165) is 37.6 Å². The normalized spacial score (nSPS) is 12.9. The molecule has 1 heterocycles. The molecule has 1 N–H and O–H groups in total. The highest BCUT2D eigenvalue weighted by molar-refractivity contribution is 5.28. The van der Waals surface area contributed by atoms with Crippen LogP contribution in [0, 0.1) is 5.92 Å². The lowest BCUT2D eigenvalue weighted by atomic mass is 10.0. The SMILES string of the molecule is CCCNC(CCC(C)C)c1c(OC)cnn1CC. The molecule has 0 saturated carbocycles. The third-order valence-electron chi connectivity index (χ3n) is 3.37. The van der Waals surface area contributed by atoms with Gasteiger partial charge in [-0.05, 0) is 38.6 Å². The van der Waals surface area contributed by atoms with E-state index in [2.05, 4.69) is 38.1 Å². The molecule has 1 aromatic rings. The second-order valence-corrected chi connectivity index (χ2v) is 5.39. The highest BCUT2D eigenvalue weighted by atomic mass is 16.5. The number of nitrogens with zero attached hydrogens (tertiary/aromatic N) is 2. The first-order valence-electron chi connectivity index (χ1n) is 7.47. The molecule has 0 spiro atoms. The lowest BCUT2D eigenvalue weighted by molar-refractivity contribution is 0.373. The second-order valence-electron chi connectivity index (χ2n) is 5.39. The Balaban J connectivity index is 2.90. The van der Waals surface area contributed by atoms with Crippen LogP contribution >= 0.6 is 0 Å². The van der Waals surface area contributed by atoms with E-state index < -0.39 is 0 Å². The van der Waals surface area contributed by atoms with Crippen molar-refractivity contribution in [1.29, 1.82) is 0 Å². The number of hydrogen-bond donors (Lipinski definition) is 1. The van der Waals surface area contributed by atoms with Gasteiger partial charge in [-0.2, -0.15) is 5.10 Å². The standard InChI is InChI=1S/C15H29N3O/c1-6-10-16-13(9-8-12(3)4)15-14(19-5)11-17-18(15)7-2/h11-13,16H,6-10H2,1-5H3. The zero-order valence-electron chi connectivity index (χ0n) is 13.1. The van der Waals surface area contributed by atoms with Crippen LogP contribution in [0.3, 0.4) is 0 Å². The Morgan fingerprint density at radius 1 is 1.32 bits per heavy atom. The minimum absolute atomic E-state index is 0.333. The van der Waals surface area contributed by atoms with E-state index in [1.165, 1.54) is 12.1 Å². The molecule has 0 aliphatic rings. The number of ether oxygens (including phenoxy) is 1. The first-order chi connectivity index (χ1) is 9.13. The van der Waals surface area contributed by atoms with Gasteiger partial charge < -0.3 is 10.1 Å². The van der Waals surface area contributed by atoms with Crippen LogP contribution in [0.4, 0.5) is 0 Å². The van der Waals surface area contributed by atoms with Crippen molar-refractivity contribution in [2.75, 3.05) is 13.7 Å². The minimum atomic E-state index is 0.333. The molecule has 1 rings (SSSR count). The number of rotatable bonds is 9. The summed E-state index contributed by atoms with van der Waals surface area (Å²) in [5, 5.41) is 8.05. The average Bonchev–Trinajstić information content (AvgIpc) is 2.81. The molecule has 1 atom stereocenters. The Labute approximate surface area is 117 Å². The fourth-order valence-corrected chi connectivity index (χ4v) is 2.29. The maximum atomic E-state index is 5.47. The molecule has 4 nitrogen and oxygen atoms in total. The van der Waals surface area contributed by atoms with E-state index in [1.54, 1.807) is 7.11 Å². The fourth-order valence-electron chi connectivity index (χ4n) is 2.29. The van der Waals surface area contributed by atoms with Crippen LogP contribution < -0.4 is 10.1 Å². The first-order valence-corrected chi connectivity index (χ1v) is 7.47. The van der Waals surface area contributed by atoms with Crippen LogP contribution in [0.2, 0.25) is 0 Å². The Bertz CT molecular complexity index is 339. The van der Waals surface area contributed by atoms with Crippen LogP contribution in [-0.2, 0) is 6.54 Å². The maximum absolute atomic E-state index is 5.47. The van der Waals surface area contributed by atoms with E-state index in [9.17, 15) is 0 Å². The van der Waals surface area contributed by atoms with Crippen LogP contribution in [0.5, 0.6) is 5.75 Å². The summed E-state index contributed by atoms with van der Waals surface area (Å²) in [4.78, 5) is 0. The number of hydrogen-bond acceptors (Lipinski definition) is 3. The van der Waals surface area contributed by atoms with Gasteiger partial charge in [0.2, 0.25) is 0 Å². The molecule has 0 aromatic carbocycles. The van der Waals surface area contributed by atoms with Gasteiger partial charge >= 0.3 is 0 Å². The lowest BCUT2D eigenvalue weighted by Crippen LogP contribution is -2.25. The van der Waals surface area contributed by atoms with Crippen molar-refractivity contribution in [2.45, 2.75) is 59.5 Å². The zero-order chi connectivity index (χ0) is 14.3. The van der Waals surface area contributed by atoms with Gasteiger partial charge in [0.25, 0.3) is 0 Å². The maximum Gasteiger partial charge on any atom is 0.161 e. The summed E-state index contributed by atoms with van der Waals surface area (Å²) in [7, 11) is 1.72. The van der Waals surface area contributed by atoms with Gasteiger partial charge in [-0.1, -0.05) is 20.8 Å². The Morgan fingerprint density at radius 2 is 2.05 bits per heavy atom. The van der Waals surface area contributed by atoms with Crippen molar-refractivity contribution in [2.24, 2.45) is 5.92 Å². The zero-order valence-corrected chi connectivity index (χ0v) is 13.1. The average molecular weight is 267 g/mol. The van der Waals surface area contributed by atoms with E-state index in [4.69, 9.17) is 4.74 Å². The molecule has 0 aliphatic carbocycles. The van der Waals surface area contributed by atoms with Crippen molar-refractivity contribution in [3.8, 4) is 5.75 Å². The van der Waals surface area contributed by atoms with Crippen LogP contribution in [-0.4, -0.2) is 23.4 Å². The third kappa shape index (κ3) is 4.53. The molecule has 0 radical (unpaired) electrons. The molecule has 0 amide bonds. The van der Waals surface area contributed by atoms with Crippen molar-refractivity contribution in [1.82, 2.24) is 15.1 Å². The van der Waals surface area contributed by atoms with Gasteiger partial charge in [-0.3, -0.25) is 4.68 Å². The number of aryl methyl sites for hydroxylation is 1. The highest BCUT2D eigenvalue weighted by Crippen LogP contribution is 2.29. The van der Waals surface area contributed by atoms with E-state index in [1.807, 2.05) is 10.9 Å². The molecule has 110 valence electrons. The van der Waals surface area contributed by atoms with Gasteiger partial charge in [-0.15, -0.1) is 0 Å². The minimum Gasteiger partial charge on any atom is -0.493 e. The van der Waals surface area contributed by atoms with Gasteiger partial charge in [0, 0.05) is 6.54 Å². The number of aromatic nitrogens is 2. The van der Waals surface area contributed by atoms with E-state index in [-0.39, 0.29) is 0 Å².